The molecule has 7 heteroatoms. The first kappa shape index (κ1) is 21.8. The Morgan fingerprint density at radius 3 is 2.45 bits per heavy atom. The molecule has 1 aliphatic rings. The number of rotatable bonds is 6. The van der Waals surface area contributed by atoms with Gasteiger partial charge in [-0.25, -0.2) is 0 Å². The summed E-state index contributed by atoms with van der Waals surface area (Å²) in [5.74, 6) is -0.312. The van der Waals surface area contributed by atoms with Gasteiger partial charge >= 0.3 is 0 Å². The lowest BCUT2D eigenvalue weighted by Crippen LogP contribution is -2.44. The molecule has 3 rings (SSSR count). The SMILES string of the molecule is CCCNC(=O)c1ccc(NC(=O)C2(c3ccc(Br)cc3)CCOCC2)cc1Cl. The van der Waals surface area contributed by atoms with Crippen LogP contribution in [0.3, 0.4) is 0 Å². The Morgan fingerprint density at radius 2 is 1.83 bits per heavy atom. The average molecular weight is 480 g/mol. The summed E-state index contributed by atoms with van der Waals surface area (Å²) in [5, 5.41) is 6.10. The van der Waals surface area contributed by atoms with E-state index >= 15 is 0 Å². The first-order chi connectivity index (χ1) is 14.0. The van der Waals surface area contributed by atoms with Gasteiger partial charge in [0.1, 0.15) is 0 Å². The fourth-order valence-electron chi connectivity index (χ4n) is 3.50. The monoisotopic (exact) mass is 478 g/mol. The third-order valence-corrected chi connectivity index (χ3v) is 6.03. The van der Waals surface area contributed by atoms with E-state index in [0.29, 0.717) is 48.9 Å². The van der Waals surface area contributed by atoms with E-state index in [4.69, 9.17) is 16.3 Å². The summed E-state index contributed by atoms with van der Waals surface area (Å²) in [6.07, 6.45) is 2.05. The predicted molar refractivity (Wildman–Crippen MR) is 119 cm³/mol. The summed E-state index contributed by atoms with van der Waals surface area (Å²) in [7, 11) is 0. The number of anilines is 1. The first-order valence-corrected chi connectivity index (χ1v) is 10.9. The molecule has 29 heavy (non-hydrogen) atoms. The molecular weight excluding hydrogens is 456 g/mol. The normalized spacial score (nSPS) is 15.6. The molecule has 154 valence electrons. The van der Waals surface area contributed by atoms with Gasteiger partial charge in [0.2, 0.25) is 5.91 Å². The summed E-state index contributed by atoms with van der Waals surface area (Å²) >= 11 is 9.75. The van der Waals surface area contributed by atoms with E-state index in [9.17, 15) is 9.59 Å². The number of hydrogen-bond donors (Lipinski definition) is 2. The molecule has 1 fully saturated rings. The number of benzene rings is 2. The molecule has 2 aromatic carbocycles. The third kappa shape index (κ3) is 5.00. The number of nitrogens with one attached hydrogen (secondary N) is 2. The second kappa shape index (κ2) is 9.74. The lowest BCUT2D eigenvalue weighted by Gasteiger charge is -2.36. The van der Waals surface area contributed by atoms with Gasteiger partial charge in [-0.1, -0.05) is 46.6 Å². The molecule has 1 saturated heterocycles. The van der Waals surface area contributed by atoms with E-state index in [1.54, 1.807) is 18.2 Å². The van der Waals surface area contributed by atoms with Gasteiger partial charge in [-0.3, -0.25) is 9.59 Å². The molecular formula is C22H24BrClN2O3. The van der Waals surface area contributed by atoms with Gasteiger partial charge in [-0.05, 0) is 55.2 Å². The van der Waals surface area contributed by atoms with E-state index in [1.807, 2.05) is 31.2 Å². The van der Waals surface area contributed by atoms with Gasteiger partial charge in [0.15, 0.2) is 0 Å². The van der Waals surface area contributed by atoms with E-state index in [1.165, 1.54) is 0 Å². The fraction of sp³-hybridized carbons (Fsp3) is 0.364. The smallest absolute Gasteiger partial charge is 0.252 e. The molecule has 2 amide bonds. The maximum Gasteiger partial charge on any atom is 0.252 e. The van der Waals surface area contributed by atoms with Gasteiger partial charge in [0, 0.05) is 29.9 Å². The van der Waals surface area contributed by atoms with E-state index in [2.05, 4.69) is 26.6 Å². The van der Waals surface area contributed by atoms with Crippen molar-refractivity contribution in [3.63, 3.8) is 0 Å². The molecule has 5 nitrogen and oxygen atoms in total. The lowest BCUT2D eigenvalue weighted by atomic mass is 9.73. The predicted octanol–water partition coefficient (Wildman–Crippen LogP) is 4.93. The third-order valence-electron chi connectivity index (χ3n) is 5.18. The van der Waals surface area contributed by atoms with Crippen molar-refractivity contribution in [2.24, 2.45) is 0 Å². The molecule has 2 aromatic rings. The van der Waals surface area contributed by atoms with Crippen LogP contribution in [-0.2, 0) is 14.9 Å². The van der Waals surface area contributed by atoms with Crippen molar-refractivity contribution < 1.29 is 14.3 Å². The Bertz CT molecular complexity index is 880. The van der Waals surface area contributed by atoms with Gasteiger partial charge in [0.25, 0.3) is 5.91 Å². The van der Waals surface area contributed by atoms with Crippen molar-refractivity contribution >= 4 is 45.0 Å². The summed E-state index contributed by atoms with van der Waals surface area (Å²) < 4.78 is 6.47. The first-order valence-electron chi connectivity index (χ1n) is 9.69. The van der Waals surface area contributed by atoms with Crippen LogP contribution >= 0.6 is 27.5 Å². The zero-order valence-electron chi connectivity index (χ0n) is 16.3. The molecule has 0 aliphatic carbocycles. The second-order valence-electron chi connectivity index (χ2n) is 7.11. The number of amides is 2. The molecule has 0 saturated carbocycles. The minimum Gasteiger partial charge on any atom is -0.381 e. The highest BCUT2D eigenvalue weighted by atomic mass is 79.9. The zero-order valence-corrected chi connectivity index (χ0v) is 18.6. The quantitative estimate of drug-likeness (QED) is 0.617. The lowest BCUT2D eigenvalue weighted by molar-refractivity contribution is -0.125. The Labute approximate surface area is 184 Å². The summed E-state index contributed by atoms with van der Waals surface area (Å²) in [4.78, 5) is 25.5. The van der Waals surface area contributed by atoms with Crippen LogP contribution in [0, 0.1) is 0 Å². The summed E-state index contributed by atoms with van der Waals surface area (Å²) in [6, 6.07) is 12.8. The van der Waals surface area contributed by atoms with Crippen LogP contribution in [0.5, 0.6) is 0 Å². The number of hydrogen-bond acceptors (Lipinski definition) is 3. The minimum absolute atomic E-state index is 0.0950. The Hall–Kier alpha value is -1.89. The van der Waals surface area contributed by atoms with E-state index < -0.39 is 5.41 Å². The van der Waals surface area contributed by atoms with Crippen LogP contribution in [-0.4, -0.2) is 31.6 Å². The number of carbonyl (C=O) groups is 2. The molecule has 0 aromatic heterocycles. The molecule has 1 heterocycles. The molecule has 0 bridgehead atoms. The minimum atomic E-state index is -0.664. The molecule has 0 spiro atoms. The Balaban J connectivity index is 1.82. The Kier molecular flexibility index (Phi) is 7.33. The molecule has 1 aliphatic heterocycles. The van der Waals surface area contributed by atoms with Gasteiger partial charge < -0.3 is 15.4 Å². The largest absolute Gasteiger partial charge is 0.381 e. The molecule has 0 atom stereocenters. The second-order valence-corrected chi connectivity index (χ2v) is 8.43. The van der Waals surface area contributed by atoms with Crippen molar-refractivity contribution in [2.45, 2.75) is 31.6 Å². The molecule has 0 unspecified atom stereocenters. The highest BCUT2D eigenvalue weighted by Gasteiger charge is 2.41. The fourth-order valence-corrected chi connectivity index (χ4v) is 4.03. The van der Waals surface area contributed by atoms with Crippen LogP contribution in [0.4, 0.5) is 5.69 Å². The van der Waals surface area contributed by atoms with Crippen molar-refractivity contribution in [1.82, 2.24) is 5.32 Å². The standard InChI is InChI=1S/C22H24BrClN2O3/c1-2-11-25-20(27)18-8-7-17(14-19(18)24)26-21(28)22(9-12-29-13-10-22)15-3-5-16(23)6-4-15/h3-8,14H,2,9-13H2,1H3,(H,25,27)(H,26,28). The number of carbonyl (C=O) groups excluding carboxylic acids is 2. The Morgan fingerprint density at radius 1 is 1.14 bits per heavy atom. The highest BCUT2D eigenvalue weighted by molar-refractivity contribution is 9.10. The van der Waals surface area contributed by atoms with Crippen LogP contribution in [0.1, 0.15) is 42.1 Å². The van der Waals surface area contributed by atoms with Crippen LogP contribution in [0.15, 0.2) is 46.9 Å². The molecule has 2 N–H and O–H groups in total. The van der Waals surface area contributed by atoms with Crippen LogP contribution in [0.2, 0.25) is 5.02 Å². The number of halogens is 2. The van der Waals surface area contributed by atoms with Crippen molar-refractivity contribution in [3.8, 4) is 0 Å². The summed E-state index contributed by atoms with van der Waals surface area (Å²) in [5.41, 5.74) is 1.26. The van der Waals surface area contributed by atoms with Crippen LogP contribution in [0.25, 0.3) is 0 Å². The van der Waals surface area contributed by atoms with E-state index in [0.717, 1.165) is 16.5 Å². The van der Waals surface area contributed by atoms with Gasteiger partial charge in [-0.2, -0.15) is 0 Å². The molecule has 0 radical (unpaired) electrons. The maximum atomic E-state index is 13.3. The zero-order chi connectivity index (χ0) is 20.9. The maximum absolute atomic E-state index is 13.3. The number of ether oxygens (including phenoxy) is 1. The summed E-state index contributed by atoms with van der Waals surface area (Å²) in [6.45, 7) is 3.63. The van der Waals surface area contributed by atoms with E-state index in [-0.39, 0.29) is 11.8 Å². The van der Waals surface area contributed by atoms with Gasteiger partial charge in [0.05, 0.1) is 16.0 Å². The topological polar surface area (TPSA) is 67.4 Å². The van der Waals surface area contributed by atoms with Crippen molar-refractivity contribution in [3.05, 3.63) is 63.1 Å². The highest BCUT2D eigenvalue weighted by Crippen LogP contribution is 2.37. The average Bonchev–Trinajstić information content (AvgIpc) is 2.73. The van der Waals surface area contributed by atoms with Crippen molar-refractivity contribution in [1.29, 1.82) is 0 Å². The van der Waals surface area contributed by atoms with Crippen molar-refractivity contribution in [2.75, 3.05) is 25.1 Å². The van der Waals surface area contributed by atoms with Gasteiger partial charge in [-0.15, -0.1) is 0 Å². The van der Waals surface area contributed by atoms with Crippen LogP contribution < -0.4 is 10.6 Å².